The Bertz CT molecular complexity index is 457. The van der Waals surface area contributed by atoms with E-state index in [2.05, 4.69) is 10.3 Å². The number of hydrogen-bond donors (Lipinski definition) is 2. The Morgan fingerprint density at radius 2 is 2.12 bits per heavy atom. The standard InChI is InChI=1S/C12H14FN3.ClH/c13-8-5-2-6-9-10(8)11(14)16-12(15-9)7-3-1-4-7;/h2,5-7,12,15H,1,3-4H2,(H2,14,16);1H. The minimum absolute atomic E-state index is 0. The number of fused-ring (bicyclic) bond motifs is 1. The van der Waals surface area contributed by atoms with E-state index >= 15 is 0 Å². The maximum atomic E-state index is 13.5. The molecular weight excluding hydrogens is 241 g/mol. The highest BCUT2D eigenvalue weighted by Crippen LogP contribution is 2.34. The molecule has 1 aliphatic carbocycles. The zero-order valence-corrected chi connectivity index (χ0v) is 10.1. The van der Waals surface area contributed by atoms with Crippen LogP contribution in [-0.2, 0) is 0 Å². The van der Waals surface area contributed by atoms with E-state index in [1.54, 1.807) is 6.07 Å². The van der Waals surface area contributed by atoms with Crippen LogP contribution in [0.25, 0.3) is 0 Å². The van der Waals surface area contributed by atoms with E-state index in [0.717, 1.165) is 5.69 Å². The molecule has 0 radical (unpaired) electrons. The van der Waals surface area contributed by atoms with Crippen LogP contribution in [0.3, 0.4) is 0 Å². The largest absolute Gasteiger partial charge is 0.383 e. The van der Waals surface area contributed by atoms with Gasteiger partial charge in [-0.3, -0.25) is 0 Å². The molecule has 0 aromatic heterocycles. The molecule has 0 amide bonds. The van der Waals surface area contributed by atoms with Gasteiger partial charge in [0, 0.05) is 5.69 Å². The number of nitrogens with two attached hydrogens (primary N) is 1. The molecule has 0 bridgehead atoms. The molecule has 1 saturated carbocycles. The summed E-state index contributed by atoms with van der Waals surface area (Å²) >= 11 is 0. The van der Waals surface area contributed by atoms with Gasteiger partial charge in [-0.05, 0) is 30.9 Å². The third kappa shape index (κ3) is 1.97. The highest BCUT2D eigenvalue weighted by molar-refractivity contribution is 6.04. The van der Waals surface area contributed by atoms with E-state index in [4.69, 9.17) is 5.73 Å². The normalized spacial score (nSPS) is 22.6. The molecule has 0 spiro atoms. The van der Waals surface area contributed by atoms with Crippen LogP contribution in [0.5, 0.6) is 0 Å². The van der Waals surface area contributed by atoms with Crippen molar-refractivity contribution in [3.8, 4) is 0 Å². The molecule has 0 saturated heterocycles. The van der Waals surface area contributed by atoms with Crippen LogP contribution in [0.4, 0.5) is 10.1 Å². The molecule has 1 heterocycles. The first-order valence-electron chi connectivity index (χ1n) is 5.64. The van der Waals surface area contributed by atoms with Crippen molar-refractivity contribution >= 4 is 23.9 Å². The lowest BCUT2D eigenvalue weighted by Crippen LogP contribution is -2.38. The average Bonchev–Trinajstić information content (AvgIpc) is 2.14. The summed E-state index contributed by atoms with van der Waals surface area (Å²) in [4.78, 5) is 4.35. The number of anilines is 1. The second-order valence-corrected chi connectivity index (χ2v) is 4.46. The van der Waals surface area contributed by atoms with Crippen LogP contribution in [0.15, 0.2) is 23.2 Å². The molecule has 17 heavy (non-hydrogen) atoms. The van der Waals surface area contributed by atoms with E-state index in [9.17, 15) is 4.39 Å². The van der Waals surface area contributed by atoms with E-state index in [0.29, 0.717) is 17.3 Å². The Kier molecular flexibility index (Phi) is 3.24. The van der Waals surface area contributed by atoms with Gasteiger partial charge in [-0.1, -0.05) is 12.5 Å². The Morgan fingerprint density at radius 1 is 1.35 bits per heavy atom. The fraction of sp³-hybridized carbons (Fsp3) is 0.417. The van der Waals surface area contributed by atoms with Gasteiger partial charge >= 0.3 is 0 Å². The Labute approximate surface area is 106 Å². The van der Waals surface area contributed by atoms with Crippen molar-refractivity contribution in [2.24, 2.45) is 16.6 Å². The quantitative estimate of drug-likeness (QED) is 0.810. The van der Waals surface area contributed by atoms with Gasteiger partial charge in [0.05, 0.1) is 5.56 Å². The number of rotatable bonds is 1. The van der Waals surface area contributed by atoms with E-state index in [1.165, 1.54) is 25.3 Å². The van der Waals surface area contributed by atoms with Crippen LogP contribution in [0.1, 0.15) is 24.8 Å². The number of benzene rings is 1. The Balaban J connectivity index is 0.00000108. The van der Waals surface area contributed by atoms with Gasteiger partial charge in [0.15, 0.2) is 0 Å². The lowest BCUT2D eigenvalue weighted by atomic mass is 9.82. The molecule has 3 N–H and O–H groups in total. The zero-order valence-electron chi connectivity index (χ0n) is 9.32. The van der Waals surface area contributed by atoms with Crippen LogP contribution < -0.4 is 11.1 Å². The summed E-state index contributed by atoms with van der Waals surface area (Å²) in [7, 11) is 0. The van der Waals surface area contributed by atoms with E-state index in [1.807, 2.05) is 6.07 Å². The van der Waals surface area contributed by atoms with Gasteiger partial charge in [-0.25, -0.2) is 9.38 Å². The van der Waals surface area contributed by atoms with Crippen molar-refractivity contribution in [1.82, 2.24) is 0 Å². The SMILES string of the molecule is Cl.NC1=NC(C2CCC2)Nc2cccc(F)c21. The van der Waals surface area contributed by atoms with Crippen molar-refractivity contribution in [3.05, 3.63) is 29.6 Å². The topological polar surface area (TPSA) is 50.4 Å². The minimum atomic E-state index is -0.307. The van der Waals surface area contributed by atoms with E-state index < -0.39 is 0 Å². The van der Waals surface area contributed by atoms with Gasteiger partial charge < -0.3 is 11.1 Å². The fourth-order valence-corrected chi connectivity index (χ4v) is 2.29. The molecule has 1 aliphatic heterocycles. The molecule has 2 aliphatic rings. The summed E-state index contributed by atoms with van der Waals surface area (Å²) in [6.07, 6.45) is 3.65. The zero-order chi connectivity index (χ0) is 11.1. The van der Waals surface area contributed by atoms with Gasteiger partial charge in [-0.2, -0.15) is 0 Å². The summed E-state index contributed by atoms with van der Waals surface area (Å²) in [5.74, 6) is 0.567. The monoisotopic (exact) mass is 255 g/mol. The highest BCUT2D eigenvalue weighted by atomic mass is 35.5. The van der Waals surface area contributed by atoms with Gasteiger partial charge in [0.1, 0.15) is 17.8 Å². The Morgan fingerprint density at radius 3 is 2.76 bits per heavy atom. The first-order valence-corrected chi connectivity index (χ1v) is 5.64. The molecule has 1 atom stereocenters. The summed E-state index contributed by atoms with van der Waals surface area (Å²) < 4.78 is 13.5. The van der Waals surface area contributed by atoms with Gasteiger partial charge in [0.2, 0.25) is 0 Å². The first-order chi connectivity index (χ1) is 7.75. The lowest BCUT2D eigenvalue weighted by Gasteiger charge is -2.35. The Hall–Kier alpha value is -1.29. The number of hydrogen-bond acceptors (Lipinski definition) is 3. The van der Waals surface area contributed by atoms with Crippen molar-refractivity contribution in [2.45, 2.75) is 25.4 Å². The van der Waals surface area contributed by atoms with Crippen molar-refractivity contribution in [2.75, 3.05) is 5.32 Å². The maximum absolute atomic E-state index is 13.5. The minimum Gasteiger partial charge on any atom is -0.383 e. The summed E-state index contributed by atoms with van der Waals surface area (Å²) in [5, 5.41) is 3.26. The van der Waals surface area contributed by atoms with Crippen molar-refractivity contribution < 1.29 is 4.39 Å². The first kappa shape index (κ1) is 12.2. The molecule has 3 nitrogen and oxygen atoms in total. The average molecular weight is 256 g/mol. The van der Waals surface area contributed by atoms with Crippen LogP contribution in [-0.4, -0.2) is 12.0 Å². The number of aliphatic imine (C=N–C) groups is 1. The van der Waals surface area contributed by atoms with Gasteiger partial charge in [-0.15, -0.1) is 12.4 Å². The molecule has 1 aromatic rings. The third-order valence-corrected chi connectivity index (χ3v) is 3.45. The van der Waals surface area contributed by atoms with Crippen LogP contribution >= 0.6 is 12.4 Å². The van der Waals surface area contributed by atoms with Crippen LogP contribution in [0.2, 0.25) is 0 Å². The number of nitrogens with zero attached hydrogens (tertiary/aromatic N) is 1. The second kappa shape index (κ2) is 4.53. The summed E-state index contributed by atoms with van der Waals surface area (Å²) in [6, 6.07) is 4.95. The predicted molar refractivity (Wildman–Crippen MR) is 69.1 cm³/mol. The highest BCUT2D eigenvalue weighted by Gasteiger charge is 2.31. The van der Waals surface area contributed by atoms with Crippen LogP contribution in [0, 0.1) is 11.7 Å². The molecule has 1 aromatic carbocycles. The third-order valence-electron chi connectivity index (χ3n) is 3.45. The predicted octanol–water partition coefficient (Wildman–Crippen LogP) is 2.50. The number of amidine groups is 1. The second-order valence-electron chi connectivity index (χ2n) is 4.46. The van der Waals surface area contributed by atoms with Crippen molar-refractivity contribution in [1.29, 1.82) is 0 Å². The molecule has 3 rings (SSSR count). The van der Waals surface area contributed by atoms with Gasteiger partial charge in [0.25, 0.3) is 0 Å². The molecular formula is C12H15ClFN3. The smallest absolute Gasteiger partial charge is 0.136 e. The molecule has 92 valence electrons. The summed E-state index contributed by atoms with van der Waals surface area (Å²) in [5.41, 5.74) is 7.01. The molecule has 1 fully saturated rings. The number of nitrogens with one attached hydrogen (secondary N) is 1. The summed E-state index contributed by atoms with van der Waals surface area (Å²) in [6.45, 7) is 0. The van der Waals surface area contributed by atoms with E-state index in [-0.39, 0.29) is 24.4 Å². The lowest BCUT2D eigenvalue weighted by molar-refractivity contribution is 0.278. The molecule has 5 heteroatoms. The molecule has 1 unspecified atom stereocenters. The fourth-order valence-electron chi connectivity index (χ4n) is 2.29. The maximum Gasteiger partial charge on any atom is 0.136 e. The van der Waals surface area contributed by atoms with Crippen molar-refractivity contribution in [3.63, 3.8) is 0 Å². The number of halogens is 2.